The van der Waals surface area contributed by atoms with E-state index in [9.17, 15) is 14.0 Å². The van der Waals surface area contributed by atoms with Crippen LogP contribution in [-0.2, 0) is 17.8 Å². The highest BCUT2D eigenvalue weighted by Crippen LogP contribution is 2.17. The molecule has 0 aliphatic rings. The predicted molar refractivity (Wildman–Crippen MR) is 96.7 cm³/mol. The largest absolute Gasteiger partial charge is 0.494 e. The van der Waals surface area contributed by atoms with Gasteiger partial charge < -0.3 is 20.0 Å². The standard InChI is InChI=1S/C19H20FN3O3/c1-26-17-8-6-13(9-14(17)20)11-21-18(24)4-2-3-12-5-7-15-16(10-12)23-19(25)22-15/h5-10H,2-4,11H2,1H3,(H,21,24)(H2,22,23,25). The van der Waals surface area contributed by atoms with Crippen molar-refractivity contribution in [1.82, 2.24) is 15.3 Å². The molecular weight excluding hydrogens is 337 g/mol. The van der Waals surface area contributed by atoms with Crippen molar-refractivity contribution in [2.24, 2.45) is 0 Å². The monoisotopic (exact) mass is 357 g/mol. The minimum absolute atomic E-state index is 0.0858. The van der Waals surface area contributed by atoms with Gasteiger partial charge in [-0.1, -0.05) is 12.1 Å². The maximum Gasteiger partial charge on any atom is 0.323 e. The number of nitrogens with one attached hydrogen (secondary N) is 3. The fraction of sp³-hybridized carbons (Fsp3) is 0.263. The van der Waals surface area contributed by atoms with E-state index in [4.69, 9.17) is 4.74 Å². The number of carbonyl (C=O) groups is 1. The first-order chi connectivity index (χ1) is 12.5. The van der Waals surface area contributed by atoms with E-state index in [1.165, 1.54) is 19.2 Å². The summed E-state index contributed by atoms with van der Waals surface area (Å²) in [5, 5.41) is 2.78. The highest BCUT2D eigenvalue weighted by molar-refractivity contribution is 5.76. The molecule has 0 fully saturated rings. The SMILES string of the molecule is COc1ccc(CNC(=O)CCCc2ccc3[nH]c(=O)[nH]c3c2)cc1F. The molecule has 3 N–H and O–H groups in total. The van der Waals surface area contributed by atoms with E-state index in [-0.39, 0.29) is 23.9 Å². The fourth-order valence-electron chi connectivity index (χ4n) is 2.80. The van der Waals surface area contributed by atoms with Gasteiger partial charge in [0.25, 0.3) is 0 Å². The van der Waals surface area contributed by atoms with Gasteiger partial charge in [-0.3, -0.25) is 4.79 Å². The molecule has 2 aromatic carbocycles. The smallest absolute Gasteiger partial charge is 0.323 e. The van der Waals surface area contributed by atoms with Crippen LogP contribution in [-0.4, -0.2) is 23.0 Å². The maximum atomic E-state index is 13.6. The molecule has 0 saturated carbocycles. The quantitative estimate of drug-likeness (QED) is 0.607. The second-order valence-corrected chi connectivity index (χ2v) is 6.06. The van der Waals surface area contributed by atoms with Crippen molar-refractivity contribution in [2.75, 3.05) is 7.11 Å². The van der Waals surface area contributed by atoms with Crippen molar-refractivity contribution in [3.05, 3.63) is 63.8 Å². The number of fused-ring (bicyclic) bond motifs is 1. The lowest BCUT2D eigenvalue weighted by molar-refractivity contribution is -0.121. The Morgan fingerprint density at radius 2 is 1.88 bits per heavy atom. The number of methoxy groups -OCH3 is 1. The number of amides is 1. The van der Waals surface area contributed by atoms with Crippen LogP contribution in [0.2, 0.25) is 0 Å². The molecule has 0 spiro atoms. The van der Waals surface area contributed by atoms with Crippen LogP contribution >= 0.6 is 0 Å². The average molecular weight is 357 g/mol. The van der Waals surface area contributed by atoms with Crippen LogP contribution in [0.5, 0.6) is 5.75 Å². The summed E-state index contributed by atoms with van der Waals surface area (Å²) < 4.78 is 18.5. The van der Waals surface area contributed by atoms with Crippen LogP contribution in [0.3, 0.4) is 0 Å². The number of ether oxygens (including phenoxy) is 1. The first-order valence-electron chi connectivity index (χ1n) is 8.35. The third-order valence-corrected chi connectivity index (χ3v) is 4.16. The number of imidazole rings is 1. The Kier molecular flexibility index (Phi) is 5.36. The number of benzene rings is 2. The van der Waals surface area contributed by atoms with Gasteiger partial charge in [0, 0.05) is 13.0 Å². The van der Waals surface area contributed by atoms with Gasteiger partial charge in [-0.05, 0) is 48.2 Å². The second-order valence-electron chi connectivity index (χ2n) is 6.06. The molecule has 0 unspecified atom stereocenters. The maximum absolute atomic E-state index is 13.6. The third kappa shape index (κ3) is 4.30. The first kappa shape index (κ1) is 17.7. The van der Waals surface area contributed by atoms with Crippen LogP contribution in [0.25, 0.3) is 11.0 Å². The Morgan fingerprint density at radius 1 is 1.12 bits per heavy atom. The number of carbonyl (C=O) groups excluding carboxylic acids is 1. The number of hydrogen-bond donors (Lipinski definition) is 3. The Labute approximate surface area is 149 Å². The predicted octanol–water partition coefficient (Wildman–Crippen LogP) is 2.64. The lowest BCUT2D eigenvalue weighted by Crippen LogP contribution is -2.22. The number of halogens is 1. The van der Waals surface area contributed by atoms with Crippen molar-refractivity contribution in [3.63, 3.8) is 0 Å². The topological polar surface area (TPSA) is 87.0 Å². The Morgan fingerprint density at radius 3 is 2.65 bits per heavy atom. The fourth-order valence-corrected chi connectivity index (χ4v) is 2.80. The summed E-state index contributed by atoms with van der Waals surface area (Å²) in [6.45, 7) is 0.274. The molecule has 0 bridgehead atoms. The van der Waals surface area contributed by atoms with Gasteiger partial charge >= 0.3 is 5.69 Å². The molecule has 0 aliphatic carbocycles. The van der Waals surface area contributed by atoms with Crippen LogP contribution in [0, 0.1) is 5.82 Å². The summed E-state index contributed by atoms with van der Waals surface area (Å²) >= 11 is 0. The molecule has 7 heteroatoms. The lowest BCUT2D eigenvalue weighted by Gasteiger charge is -2.07. The zero-order valence-corrected chi connectivity index (χ0v) is 14.4. The van der Waals surface area contributed by atoms with E-state index in [1.54, 1.807) is 6.07 Å². The Hall–Kier alpha value is -3.09. The van der Waals surface area contributed by atoms with Gasteiger partial charge in [0.2, 0.25) is 5.91 Å². The molecule has 0 atom stereocenters. The second kappa shape index (κ2) is 7.86. The number of rotatable bonds is 7. The van der Waals surface area contributed by atoms with Crippen LogP contribution in [0.15, 0.2) is 41.2 Å². The van der Waals surface area contributed by atoms with Gasteiger partial charge in [-0.25, -0.2) is 9.18 Å². The molecule has 136 valence electrons. The van der Waals surface area contributed by atoms with Crippen molar-refractivity contribution in [1.29, 1.82) is 0 Å². The van der Waals surface area contributed by atoms with Gasteiger partial charge in [-0.15, -0.1) is 0 Å². The highest BCUT2D eigenvalue weighted by Gasteiger charge is 2.06. The highest BCUT2D eigenvalue weighted by atomic mass is 19.1. The molecule has 0 saturated heterocycles. The van der Waals surface area contributed by atoms with E-state index in [0.29, 0.717) is 18.4 Å². The third-order valence-electron chi connectivity index (χ3n) is 4.16. The van der Waals surface area contributed by atoms with Crippen molar-refractivity contribution >= 4 is 16.9 Å². The Bertz CT molecular complexity index is 978. The lowest BCUT2D eigenvalue weighted by atomic mass is 10.1. The van der Waals surface area contributed by atoms with Crippen LogP contribution in [0.4, 0.5) is 4.39 Å². The van der Waals surface area contributed by atoms with E-state index in [0.717, 1.165) is 23.0 Å². The van der Waals surface area contributed by atoms with E-state index in [1.807, 2.05) is 18.2 Å². The molecule has 0 radical (unpaired) electrons. The summed E-state index contributed by atoms with van der Waals surface area (Å²) in [5.41, 5.74) is 3.03. The van der Waals surface area contributed by atoms with Crippen molar-refractivity contribution in [3.8, 4) is 5.75 Å². The van der Waals surface area contributed by atoms with E-state index in [2.05, 4.69) is 15.3 Å². The summed E-state index contributed by atoms with van der Waals surface area (Å²) in [6, 6.07) is 10.3. The van der Waals surface area contributed by atoms with Crippen LogP contribution < -0.4 is 15.7 Å². The zero-order chi connectivity index (χ0) is 18.5. The molecule has 1 aromatic heterocycles. The van der Waals surface area contributed by atoms with E-state index < -0.39 is 5.82 Å². The number of H-pyrrole nitrogens is 2. The summed E-state index contributed by atoms with van der Waals surface area (Å²) in [5.74, 6) is -0.351. The van der Waals surface area contributed by atoms with Gasteiger partial charge in [0.15, 0.2) is 11.6 Å². The summed E-state index contributed by atoms with van der Waals surface area (Å²) in [7, 11) is 1.41. The number of hydrogen-bond acceptors (Lipinski definition) is 3. The average Bonchev–Trinajstić information content (AvgIpc) is 2.99. The number of aromatic nitrogens is 2. The van der Waals surface area contributed by atoms with E-state index >= 15 is 0 Å². The van der Waals surface area contributed by atoms with Crippen LogP contribution in [0.1, 0.15) is 24.0 Å². The van der Waals surface area contributed by atoms with Crippen molar-refractivity contribution in [2.45, 2.75) is 25.8 Å². The molecule has 0 aliphatic heterocycles. The molecule has 3 rings (SSSR count). The summed E-state index contributed by atoms with van der Waals surface area (Å²) in [4.78, 5) is 28.6. The number of aryl methyl sites for hydroxylation is 1. The molecule has 1 amide bonds. The number of aromatic amines is 2. The molecule has 26 heavy (non-hydrogen) atoms. The van der Waals surface area contributed by atoms with Crippen molar-refractivity contribution < 1.29 is 13.9 Å². The normalized spacial score (nSPS) is 10.8. The molecule has 3 aromatic rings. The minimum atomic E-state index is -0.447. The van der Waals surface area contributed by atoms with Gasteiger partial charge in [0.05, 0.1) is 18.1 Å². The Balaban J connectivity index is 1.46. The minimum Gasteiger partial charge on any atom is -0.494 e. The zero-order valence-electron chi connectivity index (χ0n) is 14.4. The first-order valence-corrected chi connectivity index (χ1v) is 8.35. The molecule has 6 nitrogen and oxygen atoms in total. The molecule has 1 heterocycles. The van der Waals surface area contributed by atoms with Gasteiger partial charge in [0.1, 0.15) is 0 Å². The molecular formula is C19H20FN3O3. The summed E-state index contributed by atoms with van der Waals surface area (Å²) in [6.07, 6.45) is 1.79. The van der Waals surface area contributed by atoms with Gasteiger partial charge in [-0.2, -0.15) is 0 Å².